The van der Waals surface area contributed by atoms with Crippen molar-refractivity contribution in [3.05, 3.63) is 21.3 Å². The van der Waals surface area contributed by atoms with Crippen LogP contribution >= 0.6 is 11.6 Å². The van der Waals surface area contributed by atoms with Crippen LogP contribution in [0.5, 0.6) is 0 Å². The number of aromatic nitrogens is 1. The molecule has 0 spiro atoms. The van der Waals surface area contributed by atoms with Crippen LogP contribution in [0.1, 0.15) is 26.7 Å². The maximum Gasteiger partial charge on any atom is 0.335 e. The molecule has 0 saturated carbocycles. The Labute approximate surface area is 128 Å². The van der Waals surface area contributed by atoms with Gasteiger partial charge in [-0.3, -0.25) is 10.1 Å². The van der Waals surface area contributed by atoms with Crippen molar-refractivity contribution in [3.63, 3.8) is 0 Å². The number of halogens is 1. The number of pyridine rings is 1. The zero-order chi connectivity index (χ0) is 15.6. The molecule has 7 nitrogen and oxygen atoms in total. The molecule has 1 aliphatic heterocycles. The van der Waals surface area contributed by atoms with Gasteiger partial charge < -0.3 is 16.0 Å². The molecular weight excluding hydrogens is 294 g/mol. The number of nitro groups is 1. The highest BCUT2D eigenvalue weighted by molar-refractivity contribution is 6.33. The molecule has 116 valence electrons. The van der Waals surface area contributed by atoms with Gasteiger partial charge in [0.1, 0.15) is 5.69 Å². The number of likely N-dealkylation sites (tertiary alicyclic amines) is 1. The Kier molecular flexibility index (Phi) is 4.84. The fourth-order valence-electron chi connectivity index (χ4n) is 2.58. The van der Waals surface area contributed by atoms with Crippen molar-refractivity contribution in [2.45, 2.75) is 38.8 Å². The molecule has 0 radical (unpaired) electrons. The molecule has 0 amide bonds. The molecule has 0 unspecified atom stereocenters. The van der Waals surface area contributed by atoms with Crippen LogP contribution in [0.3, 0.4) is 0 Å². The van der Waals surface area contributed by atoms with E-state index in [1.54, 1.807) is 0 Å². The summed E-state index contributed by atoms with van der Waals surface area (Å²) in [6.45, 7) is 6.25. The van der Waals surface area contributed by atoms with Crippen LogP contribution in [-0.2, 0) is 0 Å². The van der Waals surface area contributed by atoms with E-state index in [-0.39, 0.29) is 28.3 Å². The van der Waals surface area contributed by atoms with Crippen LogP contribution in [0.2, 0.25) is 5.02 Å². The Hall–Kier alpha value is -1.60. The van der Waals surface area contributed by atoms with E-state index in [0.717, 1.165) is 25.9 Å². The van der Waals surface area contributed by atoms with E-state index in [2.05, 4.69) is 29.0 Å². The van der Waals surface area contributed by atoms with Gasteiger partial charge in [-0.05, 0) is 26.7 Å². The van der Waals surface area contributed by atoms with Gasteiger partial charge in [-0.25, -0.2) is 4.98 Å². The largest absolute Gasteiger partial charge is 0.378 e. The molecule has 1 aromatic rings. The summed E-state index contributed by atoms with van der Waals surface area (Å²) in [5, 5.41) is 14.6. The van der Waals surface area contributed by atoms with Gasteiger partial charge >= 0.3 is 5.69 Å². The van der Waals surface area contributed by atoms with Gasteiger partial charge in [0, 0.05) is 25.2 Å². The fourth-order valence-corrected chi connectivity index (χ4v) is 2.77. The van der Waals surface area contributed by atoms with Crippen LogP contribution < -0.4 is 11.1 Å². The first kappa shape index (κ1) is 15.8. The van der Waals surface area contributed by atoms with Gasteiger partial charge in [0.2, 0.25) is 5.82 Å². The van der Waals surface area contributed by atoms with E-state index < -0.39 is 4.92 Å². The number of nitrogen functional groups attached to an aromatic ring is 1. The average Bonchev–Trinajstić information content (AvgIpc) is 2.43. The molecule has 1 aliphatic rings. The molecular formula is C13H20ClN5O2. The Balaban J connectivity index is 2.14. The third-order valence-electron chi connectivity index (χ3n) is 3.83. The number of nitrogens with two attached hydrogens (primary N) is 1. The number of hydrogen-bond acceptors (Lipinski definition) is 6. The van der Waals surface area contributed by atoms with Gasteiger partial charge in [-0.1, -0.05) is 11.6 Å². The lowest BCUT2D eigenvalue weighted by Crippen LogP contribution is -2.42. The summed E-state index contributed by atoms with van der Waals surface area (Å²) in [5.74, 6) is -0.119. The first-order chi connectivity index (χ1) is 9.90. The number of piperidine rings is 1. The third kappa shape index (κ3) is 3.54. The molecule has 0 bridgehead atoms. The first-order valence-corrected chi connectivity index (χ1v) is 7.37. The zero-order valence-corrected chi connectivity index (χ0v) is 12.9. The standard InChI is InChI=1S/C13H20ClN5O2/c1-8(2)18-5-3-9(4-6-18)17-11-10(14)7-16-13(15)12(11)19(20)21/h7-9H,3-6H2,1-2H3,(H3,15,16,17). The van der Waals surface area contributed by atoms with Crippen LogP contribution in [0.4, 0.5) is 17.2 Å². The second-order valence-corrected chi connectivity index (χ2v) is 5.93. The lowest BCUT2D eigenvalue weighted by molar-refractivity contribution is -0.383. The van der Waals surface area contributed by atoms with Crippen LogP contribution in [0, 0.1) is 10.1 Å². The predicted octanol–water partition coefficient (Wildman–Crippen LogP) is 2.51. The van der Waals surface area contributed by atoms with Gasteiger partial charge in [-0.2, -0.15) is 0 Å². The van der Waals surface area contributed by atoms with Gasteiger partial charge in [0.05, 0.1) is 16.1 Å². The van der Waals surface area contributed by atoms with Crippen molar-refractivity contribution in [3.8, 4) is 0 Å². The molecule has 2 rings (SSSR count). The summed E-state index contributed by atoms with van der Waals surface area (Å²) in [4.78, 5) is 16.7. The molecule has 2 heterocycles. The van der Waals surface area contributed by atoms with E-state index in [9.17, 15) is 10.1 Å². The SMILES string of the molecule is CC(C)N1CCC(Nc2c(Cl)cnc(N)c2[N+](=O)[O-])CC1. The van der Waals surface area contributed by atoms with Crippen molar-refractivity contribution in [1.82, 2.24) is 9.88 Å². The molecule has 0 aliphatic carbocycles. The minimum atomic E-state index is -0.542. The highest BCUT2D eigenvalue weighted by atomic mass is 35.5. The number of anilines is 2. The van der Waals surface area contributed by atoms with E-state index >= 15 is 0 Å². The van der Waals surface area contributed by atoms with Crippen LogP contribution in [-0.4, -0.2) is 40.0 Å². The van der Waals surface area contributed by atoms with Crippen molar-refractivity contribution in [2.24, 2.45) is 0 Å². The molecule has 21 heavy (non-hydrogen) atoms. The average molecular weight is 314 g/mol. The topological polar surface area (TPSA) is 97.3 Å². The maximum atomic E-state index is 11.2. The molecule has 0 atom stereocenters. The van der Waals surface area contributed by atoms with E-state index in [1.807, 2.05) is 0 Å². The summed E-state index contributed by atoms with van der Waals surface area (Å²) in [6, 6.07) is 0.665. The third-order valence-corrected chi connectivity index (χ3v) is 4.11. The number of hydrogen-bond donors (Lipinski definition) is 2. The van der Waals surface area contributed by atoms with Gasteiger partial charge in [-0.15, -0.1) is 0 Å². The summed E-state index contributed by atoms with van der Waals surface area (Å²) in [6.07, 6.45) is 3.16. The first-order valence-electron chi connectivity index (χ1n) is 6.99. The second kappa shape index (κ2) is 6.44. The van der Waals surface area contributed by atoms with Crippen LogP contribution in [0.15, 0.2) is 6.20 Å². The highest BCUT2D eigenvalue weighted by Crippen LogP contribution is 2.36. The second-order valence-electron chi connectivity index (χ2n) is 5.52. The normalized spacial score (nSPS) is 17.1. The molecule has 8 heteroatoms. The summed E-state index contributed by atoms with van der Waals surface area (Å²) in [7, 11) is 0. The molecule has 0 aromatic carbocycles. The smallest absolute Gasteiger partial charge is 0.335 e. The molecule has 1 saturated heterocycles. The number of rotatable bonds is 4. The summed E-state index contributed by atoms with van der Waals surface area (Å²) >= 11 is 6.05. The lowest BCUT2D eigenvalue weighted by Gasteiger charge is -2.35. The lowest BCUT2D eigenvalue weighted by atomic mass is 10.0. The summed E-state index contributed by atoms with van der Waals surface area (Å²) < 4.78 is 0. The monoisotopic (exact) mass is 313 g/mol. The predicted molar refractivity (Wildman–Crippen MR) is 83.7 cm³/mol. The van der Waals surface area contributed by atoms with E-state index in [1.165, 1.54) is 6.20 Å². The Morgan fingerprint density at radius 1 is 1.52 bits per heavy atom. The van der Waals surface area contributed by atoms with Crippen molar-refractivity contribution in [2.75, 3.05) is 24.1 Å². The number of nitrogens with zero attached hydrogens (tertiary/aromatic N) is 3. The quantitative estimate of drug-likeness (QED) is 0.654. The van der Waals surface area contributed by atoms with Gasteiger partial charge in [0.15, 0.2) is 0 Å². The Morgan fingerprint density at radius 2 is 2.14 bits per heavy atom. The van der Waals surface area contributed by atoms with Crippen molar-refractivity contribution < 1.29 is 4.92 Å². The van der Waals surface area contributed by atoms with E-state index in [4.69, 9.17) is 17.3 Å². The Bertz CT molecular complexity index is 530. The highest BCUT2D eigenvalue weighted by Gasteiger charge is 2.27. The van der Waals surface area contributed by atoms with Crippen molar-refractivity contribution in [1.29, 1.82) is 0 Å². The Morgan fingerprint density at radius 3 is 2.67 bits per heavy atom. The molecule has 1 fully saturated rings. The number of nitrogens with one attached hydrogen (secondary N) is 1. The van der Waals surface area contributed by atoms with E-state index in [0.29, 0.717) is 6.04 Å². The summed E-state index contributed by atoms with van der Waals surface area (Å²) in [5.41, 5.74) is 5.63. The fraction of sp³-hybridized carbons (Fsp3) is 0.615. The van der Waals surface area contributed by atoms with Gasteiger partial charge in [0.25, 0.3) is 0 Å². The van der Waals surface area contributed by atoms with Crippen molar-refractivity contribution >= 4 is 28.8 Å². The maximum absolute atomic E-state index is 11.2. The minimum Gasteiger partial charge on any atom is -0.378 e. The zero-order valence-electron chi connectivity index (χ0n) is 12.2. The minimum absolute atomic E-state index is 0.119. The molecule has 1 aromatic heterocycles. The molecule has 3 N–H and O–H groups in total. The van der Waals surface area contributed by atoms with Crippen LogP contribution in [0.25, 0.3) is 0 Å².